The number of nitrogens with zero attached hydrogens (tertiary/aromatic N) is 3. The van der Waals surface area contributed by atoms with Crippen molar-refractivity contribution in [3.63, 3.8) is 0 Å². The van der Waals surface area contributed by atoms with Crippen LogP contribution in [0.5, 0.6) is 0 Å². The average Bonchev–Trinajstić information content (AvgIpc) is 2.91. The molecule has 0 aliphatic carbocycles. The number of halogens is 1. The second kappa shape index (κ2) is 4.47. The summed E-state index contributed by atoms with van der Waals surface area (Å²) in [5.41, 5.74) is 6.43. The molecule has 100 valence electrons. The van der Waals surface area contributed by atoms with Crippen molar-refractivity contribution in [2.24, 2.45) is 5.92 Å². The van der Waals surface area contributed by atoms with E-state index in [-0.39, 0.29) is 18.2 Å². The smallest absolute Gasteiger partial charge is 0.149 e. The van der Waals surface area contributed by atoms with Crippen LogP contribution in [0.2, 0.25) is 5.02 Å². The number of aldehydes is 1. The van der Waals surface area contributed by atoms with Crippen LogP contribution in [0.1, 0.15) is 19.6 Å². The van der Waals surface area contributed by atoms with Gasteiger partial charge in [0.15, 0.2) is 0 Å². The van der Waals surface area contributed by atoms with Crippen LogP contribution in [0.4, 0.5) is 5.82 Å². The van der Waals surface area contributed by atoms with Crippen LogP contribution >= 0.6 is 11.6 Å². The van der Waals surface area contributed by atoms with Crippen molar-refractivity contribution < 1.29 is 9.53 Å². The van der Waals surface area contributed by atoms with E-state index in [1.165, 1.54) is 6.33 Å². The molecule has 3 heterocycles. The van der Waals surface area contributed by atoms with Crippen LogP contribution in [0.3, 0.4) is 0 Å². The molecule has 1 aliphatic heterocycles. The molecule has 0 spiro atoms. The van der Waals surface area contributed by atoms with Gasteiger partial charge in [-0.25, -0.2) is 9.97 Å². The summed E-state index contributed by atoms with van der Waals surface area (Å²) in [5, 5.41) is 1.11. The minimum atomic E-state index is -0.389. The number of carbonyl (C=O) groups is 1. The first kappa shape index (κ1) is 12.4. The molecule has 2 aromatic rings. The van der Waals surface area contributed by atoms with Crippen molar-refractivity contribution in [2.45, 2.75) is 25.7 Å². The van der Waals surface area contributed by atoms with Crippen molar-refractivity contribution in [2.75, 3.05) is 5.73 Å². The van der Waals surface area contributed by atoms with Gasteiger partial charge in [0.25, 0.3) is 0 Å². The maximum atomic E-state index is 10.9. The van der Waals surface area contributed by atoms with Crippen LogP contribution in [-0.4, -0.2) is 26.9 Å². The monoisotopic (exact) mass is 280 g/mol. The fourth-order valence-corrected chi connectivity index (χ4v) is 2.74. The van der Waals surface area contributed by atoms with Crippen LogP contribution < -0.4 is 5.73 Å². The highest BCUT2D eigenvalue weighted by Gasteiger charge is 2.34. The molecule has 0 unspecified atom stereocenters. The predicted molar refractivity (Wildman–Crippen MR) is 70.7 cm³/mol. The normalized spacial score (nSPS) is 26.9. The van der Waals surface area contributed by atoms with Crippen molar-refractivity contribution >= 4 is 34.7 Å². The standard InChI is InChI=1S/C12H13ClN4O2/c1-6-2-9(19-8(6)4-18)17-3-7(13)10-11(14)15-5-16-12(10)17/h3-6,8-9H,2H2,1H3,(H2,14,15,16)/t6-,8+,9+/m0/s1. The first-order valence-electron chi connectivity index (χ1n) is 5.99. The Balaban J connectivity index is 2.07. The van der Waals surface area contributed by atoms with Gasteiger partial charge < -0.3 is 19.8 Å². The molecule has 1 saturated heterocycles. The van der Waals surface area contributed by atoms with Crippen molar-refractivity contribution in [1.82, 2.24) is 14.5 Å². The Labute approximate surface area is 114 Å². The first-order chi connectivity index (χ1) is 9.11. The summed E-state index contributed by atoms with van der Waals surface area (Å²) < 4.78 is 7.52. The average molecular weight is 281 g/mol. The second-order valence-electron chi connectivity index (χ2n) is 4.75. The van der Waals surface area contributed by atoms with Crippen LogP contribution in [0, 0.1) is 5.92 Å². The van der Waals surface area contributed by atoms with Gasteiger partial charge in [0, 0.05) is 6.20 Å². The third-order valence-electron chi connectivity index (χ3n) is 3.49. The van der Waals surface area contributed by atoms with Gasteiger partial charge in [-0.15, -0.1) is 0 Å². The maximum Gasteiger partial charge on any atom is 0.149 e. The van der Waals surface area contributed by atoms with E-state index in [9.17, 15) is 4.79 Å². The van der Waals surface area contributed by atoms with Crippen molar-refractivity contribution in [3.8, 4) is 0 Å². The molecule has 1 aliphatic rings. The van der Waals surface area contributed by atoms with E-state index >= 15 is 0 Å². The molecule has 0 saturated carbocycles. The Morgan fingerprint density at radius 1 is 1.58 bits per heavy atom. The topological polar surface area (TPSA) is 83.0 Å². The highest BCUT2D eigenvalue weighted by atomic mass is 35.5. The lowest BCUT2D eigenvalue weighted by molar-refractivity contribution is -0.120. The summed E-state index contributed by atoms with van der Waals surface area (Å²) >= 11 is 6.16. The van der Waals surface area contributed by atoms with E-state index in [4.69, 9.17) is 22.1 Å². The van der Waals surface area contributed by atoms with Crippen LogP contribution in [0.15, 0.2) is 12.5 Å². The Hall–Kier alpha value is -1.66. The van der Waals surface area contributed by atoms with Gasteiger partial charge in [-0.05, 0) is 12.3 Å². The van der Waals surface area contributed by atoms with E-state index in [0.717, 1.165) is 12.7 Å². The SMILES string of the molecule is C[C@H]1C[C@H](n2cc(Cl)c3c(N)ncnc32)O[C@@H]1C=O. The van der Waals surface area contributed by atoms with Crippen molar-refractivity contribution in [3.05, 3.63) is 17.5 Å². The van der Waals surface area contributed by atoms with Crippen molar-refractivity contribution in [1.29, 1.82) is 0 Å². The van der Waals surface area contributed by atoms with Gasteiger partial charge in [-0.2, -0.15) is 0 Å². The van der Waals surface area contributed by atoms with E-state index < -0.39 is 0 Å². The molecule has 0 radical (unpaired) electrons. The summed E-state index contributed by atoms with van der Waals surface area (Å²) in [6.45, 7) is 1.98. The third kappa shape index (κ3) is 1.87. The lowest BCUT2D eigenvalue weighted by Gasteiger charge is -2.13. The molecule has 6 nitrogen and oxygen atoms in total. The number of hydrogen-bond acceptors (Lipinski definition) is 5. The number of aromatic nitrogens is 3. The van der Waals surface area contributed by atoms with Crippen LogP contribution in [-0.2, 0) is 9.53 Å². The fraction of sp³-hybridized carbons (Fsp3) is 0.417. The Morgan fingerprint density at radius 2 is 2.37 bits per heavy atom. The number of nitrogens with two attached hydrogens (primary N) is 1. The second-order valence-corrected chi connectivity index (χ2v) is 5.15. The molecule has 2 aromatic heterocycles. The number of rotatable bonds is 2. The van der Waals surface area contributed by atoms with Gasteiger partial charge in [0.05, 0.1) is 10.4 Å². The highest BCUT2D eigenvalue weighted by molar-refractivity contribution is 6.36. The molecule has 0 bridgehead atoms. The number of anilines is 1. The Bertz CT molecular complexity index is 642. The van der Waals surface area contributed by atoms with Gasteiger partial charge in [-0.1, -0.05) is 18.5 Å². The van der Waals surface area contributed by atoms with Gasteiger partial charge >= 0.3 is 0 Å². The number of ether oxygens (including phenoxy) is 1. The number of hydrogen-bond donors (Lipinski definition) is 1. The first-order valence-corrected chi connectivity index (χ1v) is 6.37. The maximum absolute atomic E-state index is 10.9. The van der Waals surface area contributed by atoms with Crippen LogP contribution in [0.25, 0.3) is 11.0 Å². The largest absolute Gasteiger partial charge is 0.383 e. The van der Waals surface area contributed by atoms with E-state index in [1.807, 2.05) is 11.5 Å². The number of carbonyl (C=O) groups excluding carboxylic acids is 1. The van der Waals surface area contributed by atoms with E-state index in [1.54, 1.807) is 6.20 Å². The summed E-state index contributed by atoms with van der Waals surface area (Å²) in [6, 6.07) is 0. The highest BCUT2D eigenvalue weighted by Crippen LogP contribution is 2.37. The van der Waals surface area contributed by atoms with E-state index in [2.05, 4.69) is 9.97 Å². The fourth-order valence-electron chi connectivity index (χ4n) is 2.45. The van der Waals surface area contributed by atoms with E-state index in [0.29, 0.717) is 21.9 Å². The molecule has 0 aromatic carbocycles. The minimum Gasteiger partial charge on any atom is -0.383 e. The number of fused-ring (bicyclic) bond motifs is 1. The summed E-state index contributed by atoms with van der Waals surface area (Å²) in [7, 11) is 0. The third-order valence-corrected chi connectivity index (χ3v) is 3.77. The lowest BCUT2D eigenvalue weighted by atomic mass is 10.0. The zero-order valence-corrected chi connectivity index (χ0v) is 11.0. The molecule has 0 amide bonds. The number of nitrogen functional groups attached to an aromatic ring is 1. The summed E-state index contributed by atoms with van der Waals surface area (Å²) in [4.78, 5) is 19.0. The van der Waals surface area contributed by atoms with Gasteiger partial charge in [0.2, 0.25) is 0 Å². The molecule has 7 heteroatoms. The molecule has 3 rings (SSSR count). The molecular weight excluding hydrogens is 268 g/mol. The molecule has 3 atom stereocenters. The van der Waals surface area contributed by atoms with Gasteiger partial charge in [-0.3, -0.25) is 0 Å². The van der Waals surface area contributed by atoms with Gasteiger partial charge in [0.1, 0.15) is 36.4 Å². The molecule has 1 fully saturated rings. The molecule has 19 heavy (non-hydrogen) atoms. The summed E-state index contributed by atoms with van der Waals surface area (Å²) in [5.74, 6) is 0.504. The predicted octanol–water partition coefficient (Wildman–Crippen LogP) is 1.79. The minimum absolute atomic E-state index is 0.165. The zero-order chi connectivity index (χ0) is 13.6. The zero-order valence-electron chi connectivity index (χ0n) is 10.3. The quantitative estimate of drug-likeness (QED) is 0.848. The Kier molecular flexibility index (Phi) is 2.91. The molecular formula is C12H13ClN4O2. The Morgan fingerprint density at radius 3 is 3.05 bits per heavy atom. The summed E-state index contributed by atoms with van der Waals surface area (Å²) in [6.07, 6.45) is 4.03. The lowest BCUT2D eigenvalue weighted by Crippen LogP contribution is -2.15. The molecule has 2 N–H and O–H groups in total.